The summed E-state index contributed by atoms with van der Waals surface area (Å²) in [6.45, 7) is 11.2. The van der Waals surface area contributed by atoms with Crippen molar-refractivity contribution in [3.05, 3.63) is 23.0 Å². The molecule has 0 aromatic carbocycles. The van der Waals surface area contributed by atoms with Crippen LogP contribution < -0.4 is 0 Å². The number of hydrogen-bond acceptors (Lipinski definition) is 0. The summed E-state index contributed by atoms with van der Waals surface area (Å²) < 4.78 is 2.20. The molecule has 1 aromatic heterocycles. The van der Waals surface area contributed by atoms with Crippen LogP contribution in [0.2, 0.25) is 0 Å². The average Bonchev–Trinajstić information content (AvgIpc) is 2.05. The monoisotopic (exact) mass is 165 g/mol. The number of nitrogens with zero attached hydrogens (tertiary/aromatic N) is 1. The lowest BCUT2D eigenvalue weighted by Gasteiger charge is -2.20. The fourth-order valence-corrected chi connectivity index (χ4v) is 2.05. The second kappa shape index (κ2) is 2.65. The van der Waals surface area contributed by atoms with Crippen LogP contribution in [0.4, 0.5) is 0 Å². The zero-order chi connectivity index (χ0) is 9.52. The maximum atomic E-state index is 2.27. The fourth-order valence-electron chi connectivity index (χ4n) is 2.05. The molecule has 68 valence electrons. The van der Waals surface area contributed by atoms with E-state index >= 15 is 0 Å². The lowest BCUT2D eigenvalue weighted by Crippen LogP contribution is -2.13. The Morgan fingerprint density at radius 2 is 1.67 bits per heavy atom. The van der Waals surface area contributed by atoms with Crippen LogP contribution in [-0.4, -0.2) is 4.57 Å². The van der Waals surface area contributed by atoms with Crippen molar-refractivity contribution < 1.29 is 0 Å². The summed E-state index contributed by atoms with van der Waals surface area (Å²) in [5.74, 6) is 0. The molecule has 0 N–H and O–H groups in total. The van der Waals surface area contributed by atoms with Crippen LogP contribution in [0.1, 0.15) is 37.6 Å². The molecule has 0 saturated carbocycles. The van der Waals surface area contributed by atoms with E-state index in [9.17, 15) is 0 Å². The molecule has 1 heterocycles. The molecule has 0 fully saturated rings. The van der Waals surface area contributed by atoms with Gasteiger partial charge in [-0.15, -0.1) is 0 Å². The Labute approximate surface area is 75.4 Å². The minimum Gasteiger partial charge on any atom is -0.354 e. The first-order chi connectivity index (χ1) is 5.34. The Hall–Kier alpha value is -0.720. The van der Waals surface area contributed by atoms with Gasteiger partial charge in [0.05, 0.1) is 0 Å². The molecule has 1 rings (SSSR count). The van der Waals surface area contributed by atoms with Gasteiger partial charge >= 0.3 is 0 Å². The zero-order valence-corrected chi connectivity index (χ0v) is 9.02. The molecule has 1 nitrogen and oxygen atoms in total. The van der Waals surface area contributed by atoms with E-state index < -0.39 is 0 Å². The molecule has 0 atom stereocenters. The van der Waals surface area contributed by atoms with Gasteiger partial charge in [-0.3, -0.25) is 0 Å². The van der Waals surface area contributed by atoms with Crippen molar-refractivity contribution in [1.29, 1.82) is 0 Å². The second-order valence-corrected chi connectivity index (χ2v) is 4.63. The Bertz CT molecular complexity index is 287. The molecule has 0 aliphatic rings. The maximum Gasteiger partial charge on any atom is 0.0180 e. The van der Waals surface area contributed by atoms with Gasteiger partial charge in [-0.1, -0.05) is 20.8 Å². The van der Waals surface area contributed by atoms with Crippen LogP contribution in [-0.2, 0) is 12.5 Å². The predicted octanol–water partition coefficient (Wildman–Crippen LogP) is 2.94. The van der Waals surface area contributed by atoms with Gasteiger partial charge in [-0.25, -0.2) is 0 Å². The first-order valence-corrected chi connectivity index (χ1v) is 4.47. The van der Waals surface area contributed by atoms with Crippen molar-refractivity contribution >= 4 is 0 Å². The molecule has 0 aliphatic carbocycles. The van der Waals surface area contributed by atoms with Crippen LogP contribution in [0.25, 0.3) is 0 Å². The number of aromatic nitrogens is 1. The van der Waals surface area contributed by atoms with Gasteiger partial charge in [-0.2, -0.15) is 0 Å². The number of aryl methyl sites for hydroxylation is 2. The SMILES string of the molecule is Cc1cn(C)c(C)c1C(C)(C)C. The largest absolute Gasteiger partial charge is 0.354 e. The van der Waals surface area contributed by atoms with Crippen molar-refractivity contribution in [3.63, 3.8) is 0 Å². The van der Waals surface area contributed by atoms with Gasteiger partial charge in [0.25, 0.3) is 0 Å². The van der Waals surface area contributed by atoms with E-state index in [0.29, 0.717) is 0 Å². The summed E-state index contributed by atoms with van der Waals surface area (Å²) in [5, 5.41) is 0. The third-order valence-corrected chi connectivity index (χ3v) is 2.42. The van der Waals surface area contributed by atoms with Gasteiger partial charge in [0.15, 0.2) is 0 Å². The van der Waals surface area contributed by atoms with Crippen molar-refractivity contribution in [2.24, 2.45) is 7.05 Å². The maximum absolute atomic E-state index is 2.27. The Kier molecular flexibility index (Phi) is 2.07. The number of hydrogen-bond donors (Lipinski definition) is 0. The Morgan fingerprint density at radius 3 is 1.83 bits per heavy atom. The van der Waals surface area contributed by atoms with Gasteiger partial charge in [-0.05, 0) is 30.4 Å². The minimum absolute atomic E-state index is 0.273. The van der Waals surface area contributed by atoms with Crippen LogP contribution in [0.3, 0.4) is 0 Å². The normalized spacial score (nSPS) is 12.2. The first-order valence-electron chi connectivity index (χ1n) is 4.47. The molecular formula is C11H19N. The molecule has 0 unspecified atom stereocenters. The quantitative estimate of drug-likeness (QED) is 0.557. The highest BCUT2D eigenvalue weighted by atomic mass is 14.9. The van der Waals surface area contributed by atoms with Gasteiger partial charge in [0.1, 0.15) is 0 Å². The standard InChI is InChI=1S/C11H19N/c1-8-7-12(6)9(2)10(8)11(3,4)5/h7H,1-6H3. The average molecular weight is 165 g/mol. The molecule has 1 heteroatoms. The van der Waals surface area contributed by atoms with Gasteiger partial charge in [0, 0.05) is 18.9 Å². The lowest BCUT2D eigenvalue weighted by molar-refractivity contribution is 0.580. The molecule has 0 aliphatic heterocycles. The van der Waals surface area contributed by atoms with Gasteiger partial charge in [0.2, 0.25) is 0 Å². The molecule has 0 amide bonds. The third-order valence-electron chi connectivity index (χ3n) is 2.42. The van der Waals surface area contributed by atoms with E-state index in [0.717, 1.165) is 0 Å². The predicted molar refractivity (Wildman–Crippen MR) is 53.6 cm³/mol. The van der Waals surface area contributed by atoms with E-state index in [4.69, 9.17) is 0 Å². The molecule has 0 radical (unpaired) electrons. The molecule has 0 spiro atoms. The summed E-state index contributed by atoms with van der Waals surface area (Å²) in [5.41, 5.74) is 4.56. The smallest absolute Gasteiger partial charge is 0.0180 e. The summed E-state index contributed by atoms with van der Waals surface area (Å²) in [4.78, 5) is 0. The molecule has 1 aromatic rings. The van der Waals surface area contributed by atoms with Crippen molar-refractivity contribution in [2.45, 2.75) is 40.0 Å². The highest BCUT2D eigenvalue weighted by Crippen LogP contribution is 2.29. The molecule has 0 bridgehead atoms. The Morgan fingerprint density at radius 1 is 1.17 bits per heavy atom. The summed E-state index contributed by atoms with van der Waals surface area (Å²) >= 11 is 0. The van der Waals surface area contributed by atoms with E-state index in [1.54, 1.807) is 0 Å². The van der Waals surface area contributed by atoms with Crippen LogP contribution in [0.15, 0.2) is 6.20 Å². The van der Waals surface area contributed by atoms with Crippen molar-refractivity contribution in [1.82, 2.24) is 4.57 Å². The van der Waals surface area contributed by atoms with Crippen molar-refractivity contribution in [3.8, 4) is 0 Å². The minimum atomic E-state index is 0.273. The fraction of sp³-hybridized carbons (Fsp3) is 0.636. The van der Waals surface area contributed by atoms with E-state index in [-0.39, 0.29) is 5.41 Å². The third kappa shape index (κ3) is 1.40. The van der Waals surface area contributed by atoms with Crippen LogP contribution in [0, 0.1) is 13.8 Å². The van der Waals surface area contributed by atoms with Gasteiger partial charge < -0.3 is 4.57 Å². The molecule has 12 heavy (non-hydrogen) atoms. The molecule has 0 saturated heterocycles. The van der Waals surface area contributed by atoms with E-state index in [1.165, 1.54) is 16.8 Å². The molecular weight excluding hydrogens is 146 g/mol. The Balaban J connectivity index is 3.32. The van der Waals surface area contributed by atoms with Crippen LogP contribution in [0.5, 0.6) is 0 Å². The number of rotatable bonds is 0. The topological polar surface area (TPSA) is 4.93 Å². The second-order valence-electron chi connectivity index (χ2n) is 4.63. The summed E-state index contributed by atoms with van der Waals surface area (Å²) in [7, 11) is 2.11. The highest BCUT2D eigenvalue weighted by Gasteiger charge is 2.20. The highest BCUT2D eigenvalue weighted by molar-refractivity contribution is 5.36. The van der Waals surface area contributed by atoms with E-state index in [1.807, 2.05) is 0 Å². The van der Waals surface area contributed by atoms with E-state index in [2.05, 4.69) is 52.4 Å². The van der Waals surface area contributed by atoms with Crippen LogP contribution >= 0.6 is 0 Å². The summed E-state index contributed by atoms with van der Waals surface area (Å²) in [6.07, 6.45) is 2.20. The lowest BCUT2D eigenvalue weighted by atomic mass is 9.85. The van der Waals surface area contributed by atoms with Crippen molar-refractivity contribution in [2.75, 3.05) is 0 Å². The zero-order valence-electron chi connectivity index (χ0n) is 9.02. The first kappa shape index (κ1) is 9.37. The summed E-state index contributed by atoms with van der Waals surface area (Å²) in [6, 6.07) is 0.